The lowest BCUT2D eigenvalue weighted by atomic mass is 10.0. The summed E-state index contributed by atoms with van der Waals surface area (Å²) in [5.41, 5.74) is 5.16. The van der Waals surface area contributed by atoms with Gasteiger partial charge in [-0.15, -0.1) is 11.3 Å². The molecule has 1 atom stereocenters. The second-order valence-electron chi connectivity index (χ2n) is 7.73. The summed E-state index contributed by atoms with van der Waals surface area (Å²) >= 11 is 1.04. The Morgan fingerprint density at radius 3 is 3.00 bits per heavy atom. The molecular weight excluding hydrogens is 421 g/mol. The summed E-state index contributed by atoms with van der Waals surface area (Å²) in [5, 5.41) is 8.40. The highest BCUT2D eigenvalue weighted by Gasteiger charge is 2.33. The zero-order valence-corrected chi connectivity index (χ0v) is 17.6. The van der Waals surface area contributed by atoms with Crippen molar-refractivity contribution in [1.82, 2.24) is 10.5 Å². The molecule has 1 unspecified atom stereocenters. The van der Waals surface area contributed by atoms with E-state index < -0.39 is 6.09 Å². The van der Waals surface area contributed by atoms with Crippen LogP contribution in [0.3, 0.4) is 0 Å². The average Bonchev–Trinajstić information content (AvgIpc) is 3.42. The zero-order valence-electron chi connectivity index (χ0n) is 16.8. The van der Waals surface area contributed by atoms with Crippen LogP contribution in [0.4, 0.5) is 14.9 Å². The molecule has 31 heavy (non-hydrogen) atoms. The second-order valence-corrected chi connectivity index (χ2v) is 8.59. The molecule has 160 valence electrons. The van der Waals surface area contributed by atoms with Crippen LogP contribution in [0, 0.1) is 5.13 Å². The number of fused-ring (bicyclic) bond motifs is 3. The number of amides is 2. The van der Waals surface area contributed by atoms with Gasteiger partial charge in [-0.25, -0.2) is 4.79 Å². The second kappa shape index (κ2) is 7.81. The van der Waals surface area contributed by atoms with E-state index in [1.54, 1.807) is 10.3 Å². The molecule has 3 heterocycles. The van der Waals surface area contributed by atoms with Gasteiger partial charge in [0.1, 0.15) is 11.8 Å². The van der Waals surface area contributed by atoms with Gasteiger partial charge in [0.2, 0.25) is 5.91 Å². The number of nitrogens with zero attached hydrogens (tertiary/aromatic N) is 2. The smallest absolute Gasteiger partial charge is 0.414 e. The maximum atomic E-state index is 13.5. The average molecular weight is 441 g/mol. The van der Waals surface area contributed by atoms with Crippen LogP contribution < -0.4 is 10.2 Å². The van der Waals surface area contributed by atoms with E-state index in [4.69, 9.17) is 9.26 Å². The van der Waals surface area contributed by atoms with Crippen LogP contribution in [-0.2, 0) is 22.4 Å². The van der Waals surface area contributed by atoms with Crippen LogP contribution in [0.15, 0.2) is 34.2 Å². The lowest BCUT2D eigenvalue weighted by molar-refractivity contribution is -0.119. The molecule has 0 spiro atoms. The van der Waals surface area contributed by atoms with Crippen molar-refractivity contribution in [2.45, 2.75) is 32.3 Å². The molecule has 0 bridgehead atoms. The van der Waals surface area contributed by atoms with Crippen LogP contribution in [0.5, 0.6) is 0 Å². The monoisotopic (exact) mass is 441 g/mol. The largest absolute Gasteiger partial charge is 0.442 e. The van der Waals surface area contributed by atoms with E-state index in [2.05, 4.69) is 10.5 Å². The Morgan fingerprint density at radius 1 is 1.35 bits per heavy atom. The van der Waals surface area contributed by atoms with Gasteiger partial charge in [0, 0.05) is 34.7 Å². The van der Waals surface area contributed by atoms with E-state index in [0.29, 0.717) is 18.0 Å². The van der Waals surface area contributed by atoms with Crippen LogP contribution in [-0.4, -0.2) is 36.4 Å². The minimum absolute atomic E-state index is 0.160. The predicted octanol–water partition coefficient (Wildman–Crippen LogP) is 4.16. The molecule has 7 nitrogen and oxygen atoms in total. The lowest BCUT2D eigenvalue weighted by Gasteiger charge is -2.15. The number of carbonyl (C=O) groups excluding carboxylic acids is 2. The third kappa shape index (κ3) is 3.69. The van der Waals surface area contributed by atoms with E-state index in [0.717, 1.165) is 58.5 Å². The van der Waals surface area contributed by atoms with Crippen LogP contribution in [0.25, 0.3) is 22.6 Å². The number of rotatable bonds is 4. The van der Waals surface area contributed by atoms with Crippen molar-refractivity contribution in [1.29, 1.82) is 0 Å². The van der Waals surface area contributed by atoms with Gasteiger partial charge in [0.15, 0.2) is 10.9 Å². The van der Waals surface area contributed by atoms with Crippen molar-refractivity contribution < 1.29 is 23.2 Å². The molecule has 1 aliphatic carbocycles. The molecule has 1 saturated heterocycles. The van der Waals surface area contributed by atoms with Crippen LogP contribution in [0.2, 0.25) is 0 Å². The first-order chi connectivity index (χ1) is 15.0. The third-order valence-corrected chi connectivity index (χ3v) is 6.31. The van der Waals surface area contributed by atoms with Gasteiger partial charge < -0.3 is 14.6 Å². The first-order valence-corrected chi connectivity index (χ1v) is 11.0. The van der Waals surface area contributed by atoms with E-state index in [1.165, 1.54) is 13.0 Å². The molecule has 1 N–H and O–H groups in total. The highest BCUT2D eigenvalue weighted by atomic mass is 32.1. The summed E-state index contributed by atoms with van der Waals surface area (Å²) in [7, 11) is 0. The number of ether oxygens (including phenoxy) is 1. The fourth-order valence-corrected chi connectivity index (χ4v) is 4.76. The van der Waals surface area contributed by atoms with E-state index in [-0.39, 0.29) is 23.7 Å². The minimum atomic E-state index is -0.425. The topological polar surface area (TPSA) is 84.7 Å². The van der Waals surface area contributed by atoms with Gasteiger partial charge in [0.25, 0.3) is 0 Å². The van der Waals surface area contributed by atoms with Crippen molar-refractivity contribution in [3.05, 3.63) is 45.9 Å². The summed E-state index contributed by atoms with van der Waals surface area (Å²) < 4.78 is 24.6. The first-order valence-electron chi connectivity index (χ1n) is 10.1. The van der Waals surface area contributed by atoms with Crippen molar-refractivity contribution >= 4 is 29.0 Å². The quantitative estimate of drug-likeness (QED) is 0.657. The number of nitrogens with one attached hydrogen (secondary N) is 1. The summed E-state index contributed by atoms with van der Waals surface area (Å²) in [5.74, 6) is 0.542. The molecule has 5 rings (SSSR count). The Balaban J connectivity index is 1.43. The first kappa shape index (κ1) is 19.7. The lowest BCUT2D eigenvalue weighted by Crippen LogP contribution is -2.33. The third-order valence-electron chi connectivity index (χ3n) is 5.60. The zero-order chi connectivity index (χ0) is 21.5. The molecular formula is C22H20FN3O4S. The van der Waals surface area contributed by atoms with Gasteiger partial charge in [-0.2, -0.15) is 4.39 Å². The molecule has 2 aliphatic rings. The van der Waals surface area contributed by atoms with E-state index in [9.17, 15) is 14.0 Å². The van der Waals surface area contributed by atoms with Gasteiger partial charge in [0.05, 0.1) is 13.1 Å². The number of anilines is 1. The molecule has 0 radical (unpaired) electrons. The Labute approximate surface area is 181 Å². The molecule has 9 heteroatoms. The van der Waals surface area contributed by atoms with E-state index >= 15 is 0 Å². The number of hydrogen-bond acceptors (Lipinski definition) is 6. The van der Waals surface area contributed by atoms with Crippen molar-refractivity contribution in [2.24, 2.45) is 0 Å². The fraction of sp³-hybridized carbons (Fsp3) is 0.318. The Hall–Kier alpha value is -3.20. The normalized spacial score (nSPS) is 17.7. The highest BCUT2D eigenvalue weighted by molar-refractivity contribution is 7.08. The molecule has 3 aromatic rings. The number of benzene rings is 1. The summed E-state index contributed by atoms with van der Waals surface area (Å²) in [4.78, 5) is 25.1. The number of aromatic nitrogens is 1. The Kier molecular flexibility index (Phi) is 4.97. The van der Waals surface area contributed by atoms with Gasteiger partial charge in [-0.3, -0.25) is 9.69 Å². The number of cyclic esters (lactones) is 1. The molecule has 1 fully saturated rings. The summed E-state index contributed by atoms with van der Waals surface area (Å²) in [6, 6.07) is 7.27. The van der Waals surface area contributed by atoms with Gasteiger partial charge in [-0.05, 0) is 49.1 Å². The van der Waals surface area contributed by atoms with Crippen molar-refractivity contribution in [2.75, 3.05) is 18.0 Å². The number of thiophene rings is 1. The number of halogens is 1. The highest BCUT2D eigenvalue weighted by Crippen LogP contribution is 2.40. The Bertz CT molecular complexity index is 1170. The molecule has 2 aromatic heterocycles. The number of hydrogen-bond donors (Lipinski definition) is 1. The fourth-order valence-electron chi connectivity index (χ4n) is 4.14. The molecule has 2 amide bonds. The Morgan fingerprint density at radius 2 is 2.23 bits per heavy atom. The maximum absolute atomic E-state index is 13.5. The van der Waals surface area contributed by atoms with Crippen LogP contribution >= 0.6 is 11.3 Å². The molecule has 0 saturated carbocycles. The van der Waals surface area contributed by atoms with E-state index in [1.807, 2.05) is 18.2 Å². The standard InChI is InChI=1S/C22H20FN3O4S/c1-12(27)24-9-16-10-26(22(28)29-16)15-5-6-17-13(7-15)3-2-4-18-20(25-30-21(17)18)14-8-19(23)31-11-14/h5-8,11,16H,2-4,9-10H2,1H3,(H,24,27). The van der Waals surface area contributed by atoms with Gasteiger partial charge >= 0.3 is 6.09 Å². The van der Waals surface area contributed by atoms with Gasteiger partial charge in [-0.1, -0.05) is 5.16 Å². The SMILES string of the molecule is CC(=O)NCC1CN(c2ccc3c(c2)CCCc2c(-c4csc(F)c4)noc2-3)C(=O)O1. The summed E-state index contributed by atoms with van der Waals surface area (Å²) in [6.07, 6.45) is 1.68. The van der Waals surface area contributed by atoms with Crippen molar-refractivity contribution in [3.8, 4) is 22.6 Å². The number of carbonyl (C=O) groups is 2. The molecule has 1 aliphatic heterocycles. The number of aryl methyl sites for hydroxylation is 1. The van der Waals surface area contributed by atoms with Crippen molar-refractivity contribution in [3.63, 3.8) is 0 Å². The predicted molar refractivity (Wildman–Crippen MR) is 114 cm³/mol. The minimum Gasteiger partial charge on any atom is -0.442 e. The van der Waals surface area contributed by atoms with Crippen LogP contribution in [0.1, 0.15) is 24.5 Å². The maximum Gasteiger partial charge on any atom is 0.414 e. The molecule has 1 aromatic carbocycles. The summed E-state index contributed by atoms with van der Waals surface area (Å²) in [6.45, 7) is 2.09.